The third-order valence-corrected chi connectivity index (χ3v) is 4.38. The highest BCUT2D eigenvalue weighted by atomic mass is 32.1. The number of Topliss-reactive ketones (excluding diaryl/α,β-unsaturated/α-hetero) is 1. The van der Waals surface area contributed by atoms with Gasteiger partial charge in [0.15, 0.2) is 5.78 Å². The molecule has 0 unspecified atom stereocenters. The summed E-state index contributed by atoms with van der Waals surface area (Å²) in [5, 5.41) is 13.1. The lowest BCUT2D eigenvalue weighted by molar-refractivity contribution is 0.0993. The minimum absolute atomic E-state index is 0.0230. The highest BCUT2D eigenvalue weighted by Gasteiger charge is 2.19. The number of nitrogens with one attached hydrogen (secondary N) is 1. The van der Waals surface area contributed by atoms with Crippen LogP contribution in [0.4, 0.5) is 10.7 Å². The first-order chi connectivity index (χ1) is 10.2. The molecule has 0 aliphatic rings. The normalized spacial score (nSPS) is 10.1. The Morgan fingerprint density at radius 3 is 2.71 bits per heavy atom. The summed E-state index contributed by atoms with van der Waals surface area (Å²) in [5.74, 6) is -0.0230. The van der Waals surface area contributed by atoms with E-state index in [9.17, 15) is 10.1 Å². The summed E-state index contributed by atoms with van der Waals surface area (Å²) in [5.41, 5.74) is 7.80. The molecule has 0 aliphatic heterocycles. The molecule has 4 nitrogen and oxygen atoms in total. The van der Waals surface area contributed by atoms with Gasteiger partial charge in [0.1, 0.15) is 16.6 Å². The lowest BCUT2D eigenvalue weighted by atomic mass is 10.1. The van der Waals surface area contributed by atoms with E-state index in [0.717, 1.165) is 6.42 Å². The molecule has 0 aliphatic carbocycles. The molecule has 1 heterocycles. The maximum absolute atomic E-state index is 11.8. The van der Waals surface area contributed by atoms with Crippen LogP contribution in [0.15, 0.2) is 30.3 Å². The van der Waals surface area contributed by atoms with Crippen molar-refractivity contribution in [2.24, 2.45) is 0 Å². The zero-order valence-corrected chi connectivity index (χ0v) is 12.7. The van der Waals surface area contributed by atoms with E-state index >= 15 is 0 Å². The number of benzene rings is 1. The largest absolute Gasteiger partial charge is 0.396 e. The fourth-order valence-corrected chi connectivity index (χ4v) is 3.12. The van der Waals surface area contributed by atoms with Gasteiger partial charge in [0.05, 0.1) is 10.6 Å². The quantitative estimate of drug-likeness (QED) is 0.801. The molecule has 0 saturated heterocycles. The van der Waals surface area contributed by atoms with Crippen LogP contribution in [0.5, 0.6) is 0 Å². The Labute approximate surface area is 128 Å². The molecule has 2 rings (SSSR count). The molecule has 0 saturated carbocycles. The van der Waals surface area contributed by atoms with Crippen molar-refractivity contribution < 1.29 is 4.79 Å². The van der Waals surface area contributed by atoms with E-state index in [1.54, 1.807) is 6.92 Å². The number of nitrogens with two attached hydrogens (primary N) is 1. The fraction of sp³-hybridized carbons (Fsp3) is 0.250. The van der Waals surface area contributed by atoms with Gasteiger partial charge in [-0.05, 0) is 12.0 Å². The summed E-state index contributed by atoms with van der Waals surface area (Å²) in [7, 11) is 0. The third-order valence-electron chi connectivity index (χ3n) is 3.17. The van der Waals surface area contributed by atoms with Gasteiger partial charge < -0.3 is 11.1 Å². The van der Waals surface area contributed by atoms with Crippen molar-refractivity contribution in [2.45, 2.75) is 19.8 Å². The number of nitrogen functional groups attached to an aromatic ring is 1. The van der Waals surface area contributed by atoms with Gasteiger partial charge in [0, 0.05) is 13.0 Å². The molecular weight excluding hydrogens is 282 g/mol. The van der Waals surface area contributed by atoms with E-state index in [-0.39, 0.29) is 5.78 Å². The first-order valence-electron chi connectivity index (χ1n) is 6.80. The molecule has 0 spiro atoms. The monoisotopic (exact) mass is 299 g/mol. The maximum Gasteiger partial charge on any atom is 0.174 e. The van der Waals surface area contributed by atoms with Crippen LogP contribution in [-0.4, -0.2) is 12.3 Å². The summed E-state index contributed by atoms with van der Waals surface area (Å²) in [6.45, 7) is 2.48. The van der Waals surface area contributed by atoms with Crippen LogP contribution in [0.3, 0.4) is 0 Å². The Morgan fingerprint density at radius 1 is 1.38 bits per heavy atom. The van der Waals surface area contributed by atoms with Gasteiger partial charge in [-0.1, -0.05) is 37.3 Å². The second kappa shape index (κ2) is 6.91. The maximum atomic E-state index is 11.8. The predicted molar refractivity (Wildman–Crippen MR) is 86.7 cm³/mol. The number of carbonyl (C=O) groups is 1. The van der Waals surface area contributed by atoms with E-state index in [1.807, 2.05) is 18.2 Å². The lowest BCUT2D eigenvalue weighted by Gasteiger charge is -2.04. The zero-order valence-electron chi connectivity index (χ0n) is 11.8. The van der Waals surface area contributed by atoms with E-state index in [4.69, 9.17) is 5.73 Å². The number of anilines is 2. The summed E-state index contributed by atoms with van der Waals surface area (Å²) >= 11 is 1.27. The van der Waals surface area contributed by atoms with Crippen molar-refractivity contribution >= 4 is 27.8 Å². The fourth-order valence-electron chi connectivity index (χ4n) is 2.01. The Morgan fingerprint density at radius 2 is 2.10 bits per heavy atom. The first-order valence-corrected chi connectivity index (χ1v) is 7.62. The Balaban J connectivity index is 2.10. The summed E-state index contributed by atoms with van der Waals surface area (Å²) in [6.07, 6.45) is 1.24. The van der Waals surface area contributed by atoms with E-state index < -0.39 is 0 Å². The van der Waals surface area contributed by atoms with Gasteiger partial charge in [-0.25, -0.2) is 0 Å². The summed E-state index contributed by atoms with van der Waals surface area (Å²) in [4.78, 5) is 12.3. The Bertz CT molecular complexity index is 671. The number of nitriles is 1. The smallest absolute Gasteiger partial charge is 0.174 e. The Kier molecular flexibility index (Phi) is 4.96. The SMILES string of the molecule is CCC(=O)c1sc(NCCc2ccccc2)c(C#N)c1N. The van der Waals surface area contributed by atoms with Crippen LogP contribution >= 0.6 is 11.3 Å². The molecule has 5 heteroatoms. The number of hydrogen-bond acceptors (Lipinski definition) is 5. The van der Waals surface area contributed by atoms with Crippen LogP contribution in [0, 0.1) is 11.3 Å². The number of carbonyl (C=O) groups excluding carboxylic acids is 1. The first kappa shape index (κ1) is 15.1. The van der Waals surface area contributed by atoms with E-state index in [1.165, 1.54) is 16.9 Å². The van der Waals surface area contributed by atoms with Gasteiger partial charge in [0.25, 0.3) is 0 Å². The second-order valence-corrected chi connectivity index (χ2v) is 5.62. The number of hydrogen-bond donors (Lipinski definition) is 2. The van der Waals surface area contributed by atoms with Crippen LogP contribution in [-0.2, 0) is 6.42 Å². The number of nitrogens with zero attached hydrogens (tertiary/aromatic N) is 1. The molecule has 0 fully saturated rings. The molecule has 0 radical (unpaired) electrons. The minimum Gasteiger partial charge on any atom is -0.396 e. The number of thiophene rings is 1. The summed E-state index contributed by atoms with van der Waals surface area (Å²) < 4.78 is 0. The number of rotatable bonds is 6. The van der Waals surface area contributed by atoms with Gasteiger partial charge in [-0.2, -0.15) is 5.26 Å². The molecule has 0 bridgehead atoms. The molecule has 21 heavy (non-hydrogen) atoms. The zero-order chi connectivity index (χ0) is 15.2. The van der Waals surface area contributed by atoms with Crippen molar-refractivity contribution in [1.29, 1.82) is 5.26 Å². The standard InChI is InChI=1S/C16H17N3OS/c1-2-13(20)15-14(18)12(10-17)16(21-15)19-9-8-11-6-4-3-5-7-11/h3-7,19H,2,8-9,18H2,1H3. The van der Waals surface area contributed by atoms with Crippen LogP contribution in [0.2, 0.25) is 0 Å². The van der Waals surface area contributed by atoms with E-state index in [2.05, 4.69) is 23.5 Å². The average Bonchev–Trinajstić information content (AvgIpc) is 2.83. The molecule has 1 aromatic heterocycles. The molecule has 108 valence electrons. The lowest BCUT2D eigenvalue weighted by Crippen LogP contribution is -2.04. The molecule has 2 aromatic rings. The van der Waals surface area contributed by atoms with Gasteiger partial charge in [-0.15, -0.1) is 11.3 Å². The molecule has 0 amide bonds. The van der Waals surface area contributed by atoms with Gasteiger partial charge in [-0.3, -0.25) is 4.79 Å². The van der Waals surface area contributed by atoms with Crippen molar-refractivity contribution in [3.05, 3.63) is 46.3 Å². The van der Waals surface area contributed by atoms with Crippen molar-refractivity contribution in [1.82, 2.24) is 0 Å². The predicted octanol–water partition coefficient (Wildman–Crippen LogP) is 3.45. The van der Waals surface area contributed by atoms with Crippen LogP contribution < -0.4 is 11.1 Å². The third kappa shape index (κ3) is 3.41. The van der Waals surface area contributed by atoms with E-state index in [0.29, 0.717) is 34.1 Å². The van der Waals surface area contributed by atoms with Crippen molar-refractivity contribution in [3.8, 4) is 6.07 Å². The molecule has 0 atom stereocenters. The van der Waals surface area contributed by atoms with Crippen molar-refractivity contribution in [2.75, 3.05) is 17.6 Å². The van der Waals surface area contributed by atoms with Crippen LogP contribution in [0.1, 0.15) is 34.1 Å². The Hall–Kier alpha value is -2.32. The highest BCUT2D eigenvalue weighted by Crippen LogP contribution is 2.35. The van der Waals surface area contributed by atoms with Crippen molar-refractivity contribution in [3.63, 3.8) is 0 Å². The highest BCUT2D eigenvalue weighted by molar-refractivity contribution is 7.19. The van der Waals surface area contributed by atoms with Gasteiger partial charge in [0.2, 0.25) is 0 Å². The van der Waals surface area contributed by atoms with Crippen LogP contribution in [0.25, 0.3) is 0 Å². The average molecular weight is 299 g/mol. The second-order valence-electron chi connectivity index (χ2n) is 4.60. The minimum atomic E-state index is -0.0230. The number of ketones is 1. The topological polar surface area (TPSA) is 78.9 Å². The molecular formula is C16H17N3OS. The van der Waals surface area contributed by atoms with Gasteiger partial charge >= 0.3 is 0 Å². The molecule has 3 N–H and O–H groups in total. The molecule has 1 aromatic carbocycles. The summed E-state index contributed by atoms with van der Waals surface area (Å²) in [6, 6.07) is 12.2.